The number of ether oxygens (including phenoxy) is 3. The topological polar surface area (TPSA) is 90.9 Å². The van der Waals surface area contributed by atoms with Gasteiger partial charge in [-0.3, -0.25) is 0 Å². The summed E-state index contributed by atoms with van der Waals surface area (Å²) in [6, 6.07) is 4.31. The van der Waals surface area contributed by atoms with Gasteiger partial charge in [0.15, 0.2) is 0 Å². The first-order valence-corrected chi connectivity index (χ1v) is 6.33. The van der Waals surface area contributed by atoms with E-state index in [0.29, 0.717) is 5.02 Å². The fourth-order valence-electron chi connectivity index (χ4n) is 1.49. The number of methoxy groups -OCH3 is 3. The number of rotatable bonds is 5. The molecule has 8 heteroatoms. The van der Waals surface area contributed by atoms with Gasteiger partial charge in [-0.15, -0.1) is 0 Å². The first-order chi connectivity index (χ1) is 10.4. The monoisotopic (exact) mass is 327 g/mol. The molecule has 0 saturated carbocycles. The Morgan fingerprint density at radius 2 is 1.77 bits per heavy atom. The lowest BCUT2D eigenvalue weighted by molar-refractivity contribution is -0.138. The Balaban J connectivity index is 3.26. The summed E-state index contributed by atoms with van der Waals surface area (Å²) in [6.07, 6.45) is 0.897. The lowest BCUT2D eigenvalue weighted by Gasteiger charge is -2.12. The van der Waals surface area contributed by atoms with Crippen LogP contribution >= 0.6 is 11.6 Å². The maximum absolute atomic E-state index is 11.7. The van der Waals surface area contributed by atoms with E-state index in [1.54, 1.807) is 0 Å². The second-order valence-corrected chi connectivity index (χ2v) is 4.32. The summed E-state index contributed by atoms with van der Waals surface area (Å²) >= 11 is 5.88. The van der Waals surface area contributed by atoms with Crippen LogP contribution in [0.25, 0.3) is 0 Å². The molecule has 0 unspecified atom stereocenters. The summed E-state index contributed by atoms with van der Waals surface area (Å²) in [5.74, 6) is -2.22. The van der Waals surface area contributed by atoms with Crippen molar-refractivity contribution in [3.63, 3.8) is 0 Å². The Morgan fingerprint density at radius 1 is 1.09 bits per heavy atom. The highest BCUT2D eigenvalue weighted by atomic mass is 35.5. The normalized spacial score (nSPS) is 10.6. The fourth-order valence-corrected chi connectivity index (χ4v) is 1.66. The molecule has 1 aromatic carbocycles. The average Bonchev–Trinajstić information content (AvgIpc) is 2.52. The molecule has 1 rings (SSSR count). The van der Waals surface area contributed by atoms with E-state index in [-0.39, 0.29) is 16.9 Å². The van der Waals surface area contributed by atoms with Gasteiger partial charge in [0.05, 0.1) is 38.7 Å². The lowest BCUT2D eigenvalue weighted by atomic mass is 10.1. The number of nitrogens with one attached hydrogen (secondary N) is 1. The van der Waals surface area contributed by atoms with Crippen molar-refractivity contribution in [1.29, 1.82) is 0 Å². The minimum absolute atomic E-state index is 0.131. The van der Waals surface area contributed by atoms with Gasteiger partial charge in [-0.25, -0.2) is 14.4 Å². The van der Waals surface area contributed by atoms with Gasteiger partial charge >= 0.3 is 17.9 Å². The number of carbonyl (C=O) groups excluding carboxylic acids is 3. The number of carbonyl (C=O) groups is 3. The molecule has 0 atom stereocenters. The highest BCUT2D eigenvalue weighted by molar-refractivity contribution is 6.31. The van der Waals surface area contributed by atoms with E-state index in [2.05, 4.69) is 19.5 Å². The van der Waals surface area contributed by atoms with E-state index >= 15 is 0 Å². The molecule has 22 heavy (non-hydrogen) atoms. The molecule has 0 aliphatic carbocycles. The van der Waals surface area contributed by atoms with E-state index in [0.717, 1.165) is 20.3 Å². The number of hydrogen-bond donors (Lipinski definition) is 1. The van der Waals surface area contributed by atoms with Crippen molar-refractivity contribution in [2.45, 2.75) is 0 Å². The quantitative estimate of drug-likeness (QED) is 0.500. The van der Waals surface area contributed by atoms with Crippen LogP contribution in [0.5, 0.6) is 0 Å². The Hall–Kier alpha value is -2.54. The van der Waals surface area contributed by atoms with E-state index < -0.39 is 17.9 Å². The molecule has 0 aliphatic heterocycles. The van der Waals surface area contributed by atoms with Crippen molar-refractivity contribution in [3.05, 3.63) is 40.6 Å². The van der Waals surface area contributed by atoms with E-state index in [4.69, 9.17) is 11.6 Å². The molecule has 0 saturated heterocycles. The second-order valence-electron chi connectivity index (χ2n) is 3.88. The Kier molecular flexibility index (Phi) is 6.40. The summed E-state index contributed by atoms with van der Waals surface area (Å²) in [4.78, 5) is 34.7. The molecule has 0 spiro atoms. The predicted molar refractivity (Wildman–Crippen MR) is 78.5 cm³/mol. The number of anilines is 1. The third-order valence-electron chi connectivity index (χ3n) is 2.52. The summed E-state index contributed by atoms with van der Waals surface area (Å²) in [7, 11) is 3.52. The third-order valence-corrected chi connectivity index (χ3v) is 2.76. The highest BCUT2D eigenvalue weighted by Crippen LogP contribution is 2.23. The molecular formula is C14H14ClNO6. The fraction of sp³-hybridized carbons (Fsp3) is 0.214. The van der Waals surface area contributed by atoms with Crippen molar-refractivity contribution in [2.24, 2.45) is 0 Å². The molecule has 1 N–H and O–H groups in total. The van der Waals surface area contributed by atoms with E-state index in [1.807, 2.05) is 0 Å². The molecule has 118 valence electrons. The Labute approximate surface area is 131 Å². The van der Waals surface area contributed by atoms with Crippen LogP contribution in [0, 0.1) is 0 Å². The molecule has 0 aliphatic rings. The Bertz CT molecular complexity index is 626. The van der Waals surface area contributed by atoms with Gasteiger partial charge in [0.1, 0.15) is 5.70 Å². The number of hydrogen-bond acceptors (Lipinski definition) is 7. The number of halogens is 1. The third kappa shape index (κ3) is 4.49. The summed E-state index contributed by atoms with van der Waals surface area (Å²) in [5, 5.41) is 2.94. The molecule has 0 amide bonds. The molecular weight excluding hydrogens is 314 g/mol. The van der Waals surface area contributed by atoms with Gasteiger partial charge in [0.25, 0.3) is 0 Å². The number of esters is 3. The summed E-state index contributed by atoms with van der Waals surface area (Å²) in [5.41, 5.74) is 0.0910. The van der Waals surface area contributed by atoms with Crippen molar-refractivity contribution < 1.29 is 28.6 Å². The SMILES string of the molecule is COC(=O)/C=C(/Nc1cc(Cl)ccc1C(=O)OC)C(=O)OC. The van der Waals surface area contributed by atoms with Crippen LogP contribution in [0.1, 0.15) is 10.4 Å². The molecule has 0 radical (unpaired) electrons. The lowest BCUT2D eigenvalue weighted by Crippen LogP contribution is -2.17. The standard InChI is InChI=1S/C14H14ClNO6/c1-20-12(17)7-11(14(19)22-3)16-10-6-8(15)4-5-9(10)13(18)21-2/h4-7,16H,1-3H3/b11-7+. The van der Waals surface area contributed by atoms with Gasteiger partial charge in [-0.05, 0) is 18.2 Å². The zero-order chi connectivity index (χ0) is 16.7. The van der Waals surface area contributed by atoms with E-state index in [9.17, 15) is 14.4 Å². The van der Waals surface area contributed by atoms with Gasteiger partial charge < -0.3 is 19.5 Å². The maximum Gasteiger partial charge on any atom is 0.354 e. The van der Waals surface area contributed by atoms with E-state index in [1.165, 1.54) is 25.3 Å². The first kappa shape index (κ1) is 17.5. The van der Waals surface area contributed by atoms with Crippen LogP contribution in [-0.4, -0.2) is 39.2 Å². The maximum atomic E-state index is 11.7. The first-order valence-electron chi connectivity index (χ1n) is 5.95. The minimum atomic E-state index is -0.818. The van der Waals surface area contributed by atoms with Gasteiger partial charge in [0, 0.05) is 5.02 Å². The summed E-state index contributed by atoms with van der Waals surface area (Å²) < 4.78 is 13.7. The molecule has 1 aromatic rings. The van der Waals surface area contributed by atoms with Crippen molar-refractivity contribution in [2.75, 3.05) is 26.6 Å². The molecule has 0 fully saturated rings. The number of benzene rings is 1. The molecule has 0 bridgehead atoms. The predicted octanol–water partition coefficient (Wildman–Crippen LogP) is 1.77. The Morgan fingerprint density at radius 3 is 2.32 bits per heavy atom. The largest absolute Gasteiger partial charge is 0.466 e. The van der Waals surface area contributed by atoms with Gasteiger partial charge in [0.2, 0.25) is 0 Å². The van der Waals surface area contributed by atoms with Gasteiger partial charge in [-0.2, -0.15) is 0 Å². The molecule has 0 heterocycles. The van der Waals surface area contributed by atoms with Crippen LogP contribution in [0.3, 0.4) is 0 Å². The minimum Gasteiger partial charge on any atom is -0.466 e. The van der Waals surface area contributed by atoms with Crippen LogP contribution in [0.4, 0.5) is 5.69 Å². The zero-order valence-corrected chi connectivity index (χ0v) is 12.9. The van der Waals surface area contributed by atoms with Crippen molar-refractivity contribution in [1.82, 2.24) is 0 Å². The highest BCUT2D eigenvalue weighted by Gasteiger charge is 2.18. The smallest absolute Gasteiger partial charge is 0.354 e. The molecule has 7 nitrogen and oxygen atoms in total. The average molecular weight is 328 g/mol. The van der Waals surface area contributed by atoms with Crippen LogP contribution < -0.4 is 5.32 Å². The van der Waals surface area contributed by atoms with Crippen molar-refractivity contribution >= 4 is 35.2 Å². The zero-order valence-electron chi connectivity index (χ0n) is 12.1. The van der Waals surface area contributed by atoms with Crippen LogP contribution in [0.2, 0.25) is 5.02 Å². The van der Waals surface area contributed by atoms with Gasteiger partial charge in [-0.1, -0.05) is 11.6 Å². The van der Waals surface area contributed by atoms with Crippen molar-refractivity contribution in [3.8, 4) is 0 Å². The van der Waals surface area contributed by atoms with Crippen LogP contribution in [0.15, 0.2) is 30.0 Å². The molecule has 0 aromatic heterocycles. The summed E-state index contributed by atoms with van der Waals surface area (Å²) in [6.45, 7) is 0. The second kappa shape index (κ2) is 8.04. The van der Waals surface area contributed by atoms with Crippen LogP contribution in [-0.2, 0) is 23.8 Å².